The number of hydrogen-bond acceptors (Lipinski definition) is 5. The Labute approximate surface area is 157 Å². The Morgan fingerprint density at radius 1 is 1.33 bits per heavy atom. The third-order valence-electron chi connectivity index (χ3n) is 4.98. The molecule has 0 aliphatic heterocycles. The second kappa shape index (κ2) is 7.36. The van der Waals surface area contributed by atoms with Gasteiger partial charge < -0.3 is 14.9 Å². The van der Waals surface area contributed by atoms with Crippen LogP contribution in [0.5, 0.6) is 0 Å². The molecule has 1 aliphatic rings. The van der Waals surface area contributed by atoms with Crippen molar-refractivity contribution in [2.75, 3.05) is 0 Å². The van der Waals surface area contributed by atoms with E-state index in [0.717, 1.165) is 30.6 Å². The van der Waals surface area contributed by atoms with Crippen molar-refractivity contribution in [2.24, 2.45) is 5.92 Å². The van der Waals surface area contributed by atoms with Gasteiger partial charge in [-0.2, -0.15) is 5.10 Å². The highest BCUT2D eigenvalue weighted by Gasteiger charge is 2.32. The smallest absolute Gasteiger partial charge is 0.290 e. The predicted octanol–water partition coefficient (Wildman–Crippen LogP) is 2.80. The van der Waals surface area contributed by atoms with Crippen molar-refractivity contribution >= 4 is 5.91 Å². The lowest BCUT2D eigenvalue weighted by molar-refractivity contribution is 0.0840. The van der Waals surface area contributed by atoms with Gasteiger partial charge in [-0.25, -0.2) is 0 Å². The molecule has 0 radical (unpaired) electrons. The number of nitrogens with one attached hydrogen (secondary N) is 1. The first-order valence-corrected chi connectivity index (χ1v) is 9.13. The van der Waals surface area contributed by atoms with Gasteiger partial charge in [0.2, 0.25) is 5.76 Å². The normalized spacial score (nSPS) is 20.1. The fourth-order valence-electron chi connectivity index (χ4n) is 3.48. The van der Waals surface area contributed by atoms with Gasteiger partial charge >= 0.3 is 0 Å². The Kier molecular flexibility index (Phi) is 4.77. The Balaban J connectivity index is 1.29. The number of nitrogens with zero attached hydrogens (tertiary/aromatic N) is 3. The van der Waals surface area contributed by atoms with Gasteiger partial charge in [0.1, 0.15) is 5.69 Å². The minimum atomic E-state index is -0.534. The highest BCUT2D eigenvalue weighted by atomic mass is 16.5. The number of rotatable bonds is 6. The van der Waals surface area contributed by atoms with Gasteiger partial charge in [-0.1, -0.05) is 35.5 Å². The number of aliphatic hydroxyl groups is 1. The van der Waals surface area contributed by atoms with Crippen LogP contribution >= 0.6 is 0 Å². The number of carbonyl (C=O) groups excluding carboxylic acids is 1. The highest BCUT2D eigenvalue weighted by Crippen LogP contribution is 2.30. The zero-order chi connectivity index (χ0) is 18.8. The van der Waals surface area contributed by atoms with Gasteiger partial charge in [0, 0.05) is 30.4 Å². The molecule has 2 heterocycles. The summed E-state index contributed by atoms with van der Waals surface area (Å²) in [7, 11) is 0. The summed E-state index contributed by atoms with van der Waals surface area (Å²) >= 11 is 0. The number of hydrogen-bond donors (Lipinski definition) is 2. The molecule has 1 saturated carbocycles. The number of carbonyl (C=O) groups is 1. The Hall–Kier alpha value is -2.93. The van der Waals surface area contributed by atoms with E-state index in [2.05, 4.69) is 15.6 Å². The first-order chi connectivity index (χ1) is 13.1. The fourth-order valence-corrected chi connectivity index (χ4v) is 3.48. The van der Waals surface area contributed by atoms with Crippen molar-refractivity contribution in [3.05, 3.63) is 60.1 Å². The molecule has 4 rings (SSSR count). The van der Waals surface area contributed by atoms with Crippen LogP contribution in [0.25, 0.3) is 11.3 Å². The molecular formula is C20H22N4O3. The van der Waals surface area contributed by atoms with Gasteiger partial charge in [0.25, 0.3) is 5.91 Å². The van der Waals surface area contributed by atoms with Gasteiger partial charge in [-0.15, -0.1) is 0 Å². The summed E-state index contributed by atoms with van der Waals surface area (Å²) in [6.07, 6.45) is 2.93. The van der Waals surface area contributed by atoms with Gasteiger partial charge in [-0.05, 0) is 31.7 Å². The molecule has 2 aromatic heterocycles. The Bertz CT molecular complexity index is 910. The lowest BCUT2D eigenvalue weighted by Crippen LogP contribution is -2.45. The molecule has 0 unspecified atom stereocenters. The maximum absolute atomic E-state index is 12.4. The number of aliphatic hydroxyl groups excluding tert-OH is 1. The molecule has 1 aliphatic carbocycles. The molecule has 7 nitrogen and oxygen atoms in total. The summed E-state index contributed by atoms with van der Waals surface area (Å²) in [5, 5.41) is 21.0. The molecule has 2 N–H and O–H groups in total. The van der Waals surface area contributed by atoms with E-state index >= 15 is 0 Å². The van der Waals surface area contributed by atoms with Crippen LogP contribution in [0.4, 0.5) is 0 Å². The quantitative estimate of drug-likeness (QED) is 0.700. The van der Waals surface area contributed by atoms with Crippen molar-refractivity contribution in [3.63, 3.8) is 0 Å². The SMILES string of the molecule is C[C@@H](O)c1ccnn1C[C@H]1C[C@@H](NC(=O)c2cc(-c3ccccc3)no2)C1. The minimum Gasteiger partial charge on any atom is -0.387 e. The van der Waals surface area contributed by atoms with E-state index in [4.69, 9.17) is 4.52 Å². The molecule has 140 valence electrons. The molecule has 1 fully saturated rings. The third-order valence-corrected chi connectivity index (χ3v) is 4.98. The summed E-state index contributed by atoms with van der Waals surface area (Å²) in [6.45, 7) is 2.48. The standard InChI is InChI=1S/C20H22N4O3/c1-13(25)18-7-8-21-24(18)12-14-9-16(10-14)22-20(26)19-11-17(23-27-19)15-5-3-2-4-6-15/h2-8,11,13-14,16,25H,9-10,12H2,1H3,(H,22,26)/t13-,14-,16+/m1/s1. The lowest BCUT2D eigenvalue weighted by atomic mass is 9.80. The van der Waals surface area contributed by atoms with Crippen molar-refractivity contribution in [3.8, 4) is 11.3 Å². The minimum absolute atomic E-state index is 0.123. The summed E-state index contributed by atoms with van der Waals surface area (Å²) < 4.78 is 7.04. The van der Waals surface area contributed by atoms with Gasteiger partial charge in [0.15, 0.2) is 0 Å². The average molecular weight is 366 g/mol. The van der Waals surface area contributed by atoms with Crippen LogP contribution in [0.2, 0.25) is 0 Å². The highest BCUT2D eigenvalue weighted by molar-refractivity contribution is 5.92. The number of amides is 1. The largest absolute Gasteiger partial charge is 0.387 e. The first kappa shape index (κ1) is 17.5. The van der Waals surface area contributed by atoms with Crippen molar-refractivity contribution in [2.45, 2.75) is 38.5 Å². The van der Waals surface area contributed by atoms with Crippen molar-refractivity contribution < 1.29 is 14.4 Å². The Morgan fingerprint density at radius 3 is 2.85 bits per heavy atom. The van der Waals surface area contributed by atoms with E-state index in [9.17, 15) is 9.90 Å². The molecule has 1 atom stereocenters. The topological polar surface area (TPSA) is 93.2 Å². The molecule has 27 heavy (non-hydrogen) atoms. The zero-order valence-corrected chi connectivity index (χ0v) is 15.1. The van der Waals surface area contributed by atoms with Crippen LogP contribution in [0.15, 0.2) is 53.2 Å². The Morgan fingerprint density at radius 2 is 2.11 bits per heavy atom. The number of aromatic nitrogens is 3. The first-order valence-electron chi connectivity index (χ1n) is 9.13. The van der Waals surface area contributed by atoms with Crippen LogP contribution in [-0.2, 0) is 6.54 Å². The molecule has 7 heteroatoms. The van der Waals surface area contributed by atoms with Gasteiger partial charge in [0.05, 0.1) is 11.8 Å². The van der Waals surface area contributed by atoms with E-state index in [1.165, 1.54) is 0 Å². The maximum atomic E-state index is 12.4. The lowest BCUT2D eigenvalue weighted by Gasteiger charge is -2.35. The molecule has 0 bridgehead atoms. The summed E-state index contributed by atoms with van der Waals surface area (Å²) in [5.41, 5.74) is 2.38. The van der Waals surface area contributed by atoms with E-state index in [1.54, 1.807) is 19.2 Å². The van der Waals surface area contributed by atoms with Gasteiger partial charge in [-0.3, -0.25) is 9.48 Å². The third kappa shape index (κ3) is 3.78. The van der Waals surface area contributed by atoms with Crippen LogP contribution in [0.1, 0.15) is 42.1 Å². The van der Waals surface area contributed by atoms with Crippen molar-refractivity contribution in [1.82, 2.24) is 20.3 Å². The van der Waals surface area contributed by atoms with Crippen LogP contribution in [0, 0.1) is 5.92 Å². The van der Waals surface area contributed by atoms with Crippen molar-refractivity contribution in [1.29, 1.82) is 0 Å². The summed E-state index contributed by atoms with van der Waals surface area (Å²) in [6, 6.07) is 13.2. The molecule has 1 amide bonds. The van der Waals surface area contributed by atoms with E-state index < -0.39 is 6.10 Å². The molecule has 0 spiro atoms. The molecule has 1 aromatic carbocycles. The second-order valence-electron chi connectivity index (χ2n) is 7.06. The number of benzene rings is 1. The van der Waals surface area contributed by atoms with Crippen LogP contribution < -0.4 is 5.32 Å². The predicted molar refractivity (Wildman–Crippen MR) is 98.8 cm³/mol. The monoisotopic (exact) mass is 366 g/mol. The van der Waals surface area contributed by atoms with E-state index in [0.29, 0.717) is 11.6 Å². The average Bonchev–Trinajstić information content (AvgIpc) is 3.30. The summed E-state index contributed by atoms with van der Waals surface area (Å²) in [5.74, 6) is 0.417. The van der Waals surface area contributed by atoms with Crippen LogP contribution in [0.3, 0.4) is 0 Å². The zero-order valence-electron chi connectivity index (χ0n) is 15.1. The summed E-state index contributed by atoms with van der Waals surface area (Å²) in [4.78, 5) is 12.4. The maximum Gasteiger partial charge on any atom is 0.290 e. The fraction of sp³-hybridized carbons (Fsp3) is 0.350. The second-order valence-corrected chi connectivity index (χ2v) is 7.06. The van der Waals surface area contributed by atoms with E-state index in [-0.39, 0.29) is 17.7 Å². The van der Waals surface area contributed by atoms with E-state index in [1.807, 2.05) is 41.1 Å². The van der Waals surface area contributed by atoms with Crippen LogP contribution in [-0.4, -0.2) is 32.0 Å². The molecule has 3 aromatic rings. The molecule has 0 saturated heterocycles. The molecular weight excluding hydrogens is 344 g/mol.